The van der Waals surface area contributed by atoms with E-state index in [1.807, 2.05) is 16.8 Å². The van der Waals surface area contributed by atoms with Crippen molar-refractivity contribution in [1.29, 1.82) is 5.26 Å². The van der Waals surface area contributed by atoms with Crippen LogP contribution < -0.4 is 0 Å². The van der Waals surface area contributed by atoms with E-state index in [9.17, 15) is 5.26 Å². The Labute approximate surface area is 142 Å². The smallest absolute Gasteiger partial charge is 0.142 e. The molecule has 0 aliphatic heterocycles. The molecule has 1 N–H and O–H groups in total. The summed E-state index contributed by atoms with van der Waals surface area (Å²) < 4.78 is 7.80. The molecule has 0 unspecified atom stereocenters. The molecule has 6 nitrogen and oxygen atoms in total. The fourth-order valence-electron chi connectivity index (χ4n) is 2.57. The Hall–Kier alpha value is -2.43. The van der Waals surface area contributed by atoms with Crippen LogP contribution in [0.5, 0.6) is 0 Å². The highest BCUT2D eigenvalue weighted by Crippen LogP contribution is 2.30. The van der Waals surface area contributed by atoms with Gasteiger partial charge in [-0.3, -0.25) is 5.10 Å². The quantitative estimate of drug-likeness (QED) is 0.549. The van der Waals surface area contributed by atoms with Gasteiger partial charge in [0.15, 0.2) is 0 Å². The second-order valence-corrected chi connectivity index (χ2v) is 12.6. The van der Waals surface area contributed by atoms with Crippen molar-refractivity contribution in [3.8, 4) is 17.2 Å². The van der Waals surface area contributed by atoms with Crippen molar-refractivity contribution in [1.82, 2.24) is 19.7 Å². The number of rotatable bonds is 6. The van der Waals surface area contributed by atoms with Crippen molar-refractivity contribution in [3.05, 3.63) is 36.4 Å². The molecule has 24 heavy (non-hydrogen) atoms. The normalized spacial score (nSPS) is 11.8. The van der Waals surface area contributed by atoms with Gasteiger partial charge in [-0.1, -0.05) is 19.6 Å². The lowest BCUT2D eigenvalue weighted by Gasteiger charge is -2.15. The number of hydrogen-bond acceptors (Lipinski definition) is 4. The number of aromatic nitrogens is 4. The van der Waals surface area contributed by atoms with Crippen LogP contribution in [0.4, 0.5) is 0 Å². The Kier molecular flexibility index (Phi) is 4.51. The van der Waals surface area contributed by atoms with Gasteiger partial charge in [-0.2, -0.15) is 10.4 Å². The van der Waals surface area contributed by atoms with Gasteiger partial charge in [0.25, 0.3) is 0 Å². The fraction of sp³-hybridized carbons (Fsp3) is 0.353. The largest absolute Gasteiger partial charge is 0.361 e. The maximum atomic E-state index is 9.38. The maximum Gasteiger partial charge on any atom is 0.142 e. The van der Waals surface area contributed by atoms with Crippen LogP contribution in [-0.2, 0) is 11.5 Å². The van der Waals surface area contributed by atoms with E-state index < -0.39 is 8.07 Å². The second-order valence-electron chi connectivity index (χ2n) is 7.02. The molecule has 3 aromatic heterocycles. The first-order valence-corrected chi connectivity index (χ1v) is 11.6. The molecule has 0 aliphatic rings. The Morgan fingerprint density at radius 2 is 2.17 bits per heavy atom. The zero-order valence-electron chi connectivity index (χ0n) is 14.2. The minimum atomic E-state index is -1.09. The van der Waals surface area contributed by atoms with Crippen molar-refractivity contribution in [2.45, 2.75) is 32.4 Å². The number of pyridine rings is 1. The molecule has 3 aromatic rings. The number of ether oxygens (including phenoxy) is 1. The van der Waals surface area contributed by atoms with Gasteiger partial charge < -0.3 is 9.30 Å². The van der Waals surface area contributed by atoms with Crippen LogP contribution in [0.15, 0.2) is 30.9 Å². The van der Waals surface area contributed by atoms with Gasteiger partial charge in [-0.25, -0.2) is 4.98 Å². The lowest BCUT2D eigenvalue weighted by molar-refractivity contribution is 0.0899. The third kappa shape index (κ3) is 3.40. The van der Waals surface area contributed by atoms with E-state index >= 15 is 0 Å². The molecular weight excluding hydrogens is 318 g/mol. The van der Waals surface area contributed by atoms with Crippen LogP contribution in [0, 0.1) is 11.3 Å². The van der Waals surface area contributed by atoms with E-state index in [2.05, 4.69) is 40.9 Å². The molecule has 0 bridgehead atoms. The summed E-state index contributed by atoms with van der Waals surface area (Å²) in [5.41, 5.74) is 3.10. The molecule has 0 atom stereocenters. The van der Waals surface area contributed by atoms with Crippen LogP contribution in [0.25, 0.3) is 22.2 Å². The highest BCUT2D eigenvalue weighted by Gasteiger charge is 2.15. The molecule has 0 aliphatic carbocycles. The summed E-state index contributed by atoms with van der Waals surface area (Å²) >= 11 is 0. The summed E-state index contributed by atoms with van der Waals surface area (Å²) in [7, 11) is -1.09. The fourth-order valence-corrected chi connectivity index (χ4v) is 3.32. The summed E-state index contributed by atoms with van der Waals surface area (Å²) in [6.45, 7) is 8.24. The molecule has 0 saturated heterocycles. The number of hydrogen-bond donors (Lipinski definition) is 1. The van der Waals surface area contributed by atoms with E-state index in [0.717, 1.165) is 34.8 Å². The third-order valence-corrected chi connectivity index (χ3v) is 5.63. The molecule has 124 valence electrons. The lowest BCUT2D eigenvalue weighted by Crippen LogP contribution is -2.22. The van der Waals surface area contributed by atoms with E-state index in [0.29, 0.717) is 12.3 Å². The maximum absolute atomic E-state index is 9.38. The van der Waals surface area contributed by atoms with Crippen molar-refractivity contribution < 1.29 is 4.74 Å². The van der Waals surface area contributed by atoms with Crippen LogP contribution in [0.3, 0.4) is 0 Å². The van der Waals surface area contributed by atoms with Crippen LogP contribution in [-0.4, -0.2) is 34.4 Å². The molecule has 3 rings (SSSR count). The zero-order chi connectivity index (χ0) is 17.2. The first-order chi connectivity index (χ1) is 11.5. The molecule has 7 heteroatoms. The van der Waals surface area contributed by atoms with E-state index in [1.165, 1.54) is 0 Å². The average Bonchev–Trinajstić information content (AvgIpc) is 3.19. The van der Waals surface area contributed by atoms with Gasteiger partial charge in [0.1, 0.15) is 18.4 Å². The van der Waals surface area contributed by atoms with Gasteiger partial charge in [-0.15, -0.1) is 0 Å². The van der Waals surface area contributed by atoms with Gasteiger partial charge in [0, 0.05) is 49.8 Å². The van der Waals surface area contributed by atoms with Crippen molar-refractivity contribution in [2.75, 3.05) is 6.61 Å². The average molecular weight is 339 g/mol. The molecule has 3 heterocycles. The Morgan fingerprint density at radius 1 is 1.33 bits per heavy atom. The van der Waals surface area contributed by atoms with Crippen LogP contribution in [0.2, 0.25) is 25.7 Å². The van der Waals surface area contributed by atoms with E-state index in [4.69, 9.17) is 4.74 Å². The first-order valence-electron chi connectivity index (χ1n) is 7.94. The highest BCUT2D eigenvalue weighted by atomic mass is 28.3. The summed E-state index contributed by atoms with van der Waals surface area (Å²) in [6.07, 6.45) is 7.08. The van der Waals surface area contributed by atoms with Gasteiger partial charge in [0.05, 0.1) is 11.8 Å². The van der Waals surface area contributed by atoms with Crippen LogP contribution >= 0.6 is 0 Å². The molecule has 0 spiro atoms. The molecular formula is C17H21N5OSi. The minimum absolute atomic E-state index is 0.470. The van der Waals surface area contributed by atoms with Gasteiger partial charge in [-0.05, 0) is 12.1 Å². The minimum Gasteiger partial charge on any atom is -0.361 e. The molecule has 0 aromatic carbocycles. The Morgan fingerprint density at radius 3 is 2.83 bits per heavy atom. The molecule has 0 radical (unpaired) electrons. The highest BCUT2D eigenvalue weighted by molar-refractivity contribution is 6.76. The number of H-pyrrole nitrogens is 1. The molecule has 0 amide bonds. The number of aromatic amines is 1. The van der Waals surface area contributed by atoms with Crippen molar-refractivity contribution in [2.24, 2.45) is 0 Å². The summed E-state index contributed by atoms with van der Waals surface area (Å²) in [6, 6.07) is 5.33. The number of nitriles is 1. The SMILES string of the molecule is C[Si](C)(C)CCOCn1ccc2c(-c3cn[nH]c3)c(C#N)cnc21. The van der Waals surface area contributed by atoms with Crippen molar-refractivity contribution in [3.63, 3.8) is 0 Å². The van der Waals surface area contributed by atoms with Gasteiger partial charge >= 0.3 is 0 Å². The Balaban J connectivity index is 1.88. The third-order valence-electron chi connectivity index (χ3n) is 3.92. The first kappa shape index (κ1) is 16.4. The Bertz CT molecular complexity index is 871. The summed E-state index contributed by atoms with van der Waals surface area (Å²) in [4.78, 5) is 4.45. The number of nitrogens with zero attached hydrogens (tertiary/aromatic N) is 4. The topological polar surface area (TPSA) is 79.5 Å². The zero-order valence-corrected chi connectivity index (χ0v) is 15.2. The summed E-state index contributed by atoms with van der Waals surface area (Å²) in [5, 5.41) is 17.1. The van der Waals surface area contributed by atoms with Gasteiger partial charge in [0.2, 0.25) is 0 Å². The number of fused-ring (bicyclic) bond motifs is 1. The second kappa shape index (κ2) is 6.59. The number of nitrogens with one attached hydrogen (secondary N) is 1. The van der Waals surface area contributed by atoms with E-state index in [-0.39, 0.29) is 0 Å². The molecule has 0 fully saturated rings. The standard InChI is InChI=1S/C17H21N5OSi/c1-24(2,3)7-6-23-12-22-5-4-15-16(14-10-20-21-11-14)13(8-18)9-19-17(15)22/h4-5,9-11H,6-7,12H2,1-3H3,(H,20,21). The van der Waals surface area contributed by atoms with E-state index in [1.54, 1.807) is 18.6 Å². The summed E-state index contributed by atoms with van der Waals surface area (Å²) in [5.74, 6) is 0. The monoisotopic (exact) mass is 339 g/mol. The van der Waals surface area contributed by atoms with Crippen LogP contribution in [0.1, 0.15) is 5.56 Å². The lowest BCUT2D eigenvalue weighted by atomic mass is 10.0. The van der Waals surface area contributed by atoms with Crippen molar-refractivity contribution >= 4 is 19.1 Å². The predicted molar refractivity (Wildman–Crippen MR) is 96.1 cm³/mol. The predicted octanol–water partition coefficient (Wildman–Crippen LogP) is 3.61. The molecule has 0 saturated carbocycles.